The molecule has 6 nitrogen and oxygen atoms in total. The SMILES string of the molecule is CC(=O)N1CCN(C(=O)c2ccc(Nc3cccc(Cl)c3)cn2)CC1. The number of nitrogens with one attached hydrogen (secondary N) is 1. The molecule has 2 heterocycles. The first-order chi connectivity index (χ1) is 12.0. The Morgan fingerprint density at radius 3 is 2.36 bits per heavy atom. The monoisotopic (exact) mass is 358 g/mol. The van der Waals surface area contributed by atoms with Gasteiger partial charge in [0.2, 0.25) is 5.91 Å². The van der Waals surface area contributed by atoms with Crippen molar-refractivity contribution in [1.29, 1.82) is 0 Å². The van der Waals surface area contributed by atoms with Crippen LogP contribution in [-0.2, 0) is 4.79 Å². The minimum atomic E-state index is -0.113. The van der Waals surface area contributed by atoms with Gasteiger partial charge < -0.3 is 15.1 Å². The molecule has 0 spiro atoms. The fraction of sp³-hybridized carbons (Fsp3) is 0.278. The normalized spacial score (nSPS) is 14.3. The van der Waals surface area contributed by atoms with Crippen molar-refractivity contribution >= 4 is 34.8 Å². The molecule has 0 bridgehead atoms. The maximum atomic E-state index is 12.5. The van der Waals surface area contributed by atoms with Crippen LogP contribution in [0.1, 0.15) is 17.4 Å². The van der Waals surface area contributed by atoms with E-state index < -0.39 is 0 Å². The Morgan fingerprint density at radius 1 is 1.04 bits per heavy atom. The number of piperazine rings is 1. The van der Waals surface area contributed by atoms with Gasteiger partial charge in [0.15, 0.2) is 0 Å². The highest BCUT2D eigenvalue weighted by atomic mass is 35.5. The Kier molecular flexibility index (Phi) is 5.19. The zero-order chi connectivity index (χ0) is 17.8. The van der Waals surface area contributed by atoms with Gasteiger partial charge >= 0.3 is 0 Å². The predicted molar refractivity (Wildman–Crippen MR) is 97.1 cm³/mol. The number of rotatable bonds is 3. The van der Waals surface area contributed by atoms with E-state index in [-0.39, 0.29) is 11.8 Å². The maximum absolute atomic E-state index is 12.5. The lowest BCUT2D eigenvalue weighted by Crippen LogP contribution is -2.50. The second-order valence-electron chi connectivity index (χ2n) is 5.87. The van der Waals surface area contributed by atoms with Gasteiger partial charge in [-0.1, -0.05) is 17.7 Å². The second-order valence-corrected chi connectivity index (χ2v) is 6.30. The van der Waals surface area contributed by atoms with Gasteiger partial charge in [0.05, 0.1) is 11.9 Å². The zero-order valence-electron chi connectivity index (χ0n) is 13.9. The van der Waals surface area contributed by atoms with Crippen LogP contribution in [0.2, 0.25) is 5.02 Å². The van der Waals surface area contributed by atoms with Crippen molar-refractivity contribution in [3.63, 3.8) is 0 Å². The number of carbonyl (C=O) groups excluding carboxylic acids is 2. The average molecular weight is 359 g/mol. The molecular weight excluding hydrogens is 340 g/mol. The third-order valence-corrected chi connectivity index (χ3v) is 4.34. The Hall–Kier alpha value is -2.60. The Labute approximate surface area is 151 Å². The van der Waals surface area contributed by atoms with Crippen molar-refractivity contribution in [2.45, 2.75) is 6.92 Å². The summed E-state index contributed by atoms with van der Waals surface area (Å²) < 4.78 is 0. The summed E-state index contributed by atoms with van der Waals surface area (Å²) in [6.07, 6.45) is 1.62. The Morgan fingerprint density at radius 2 is 1.76 bits per heavy atom. The number of nitrogens with zero attached hydrogens (tertiary/aromatic N) is 3. The number of pyridine rings is 1. The molecule has 1 aliphatic rings. The van der Waals surface area contributed by atoms with Gasteiger partial charge in [-0.2, -0.15) is 0 Å². The second kappa shape index (κ2) is 7.53. The maximum Gasteiger partial charge on any atom is 0.272 e. The molecule has 1 fully saturated rings. The van der Waals surface area contributed by atoms with Crippen LogP contribution in [0, 0.1) is 0 Å². The molecule has 3 rings (SSSR count). The van der Waals surface area contributed by atoms with E-state index >= 15 is 0 Å². The van der Waals surface area contributed by atoms with E-state index in [9.17, 15) is 9.59 Å². The highest BCUT2D eigenvalue weighted by Crippen LogP contribution is 2.20. The molecule has 1 aliphatic heterocycles. The number of hydrogen-bond acceptors (Lipinski definition) is 4. The van der Waals surface area contributed by atoms with E-state index in [1.54, 1.807) is 35.1 Å². The molecule has 0 aliphatic carbocycles. The minimum absolute atomic E-state index is 0.0432. The summed E-state index contributed by atoms with van der Waals surface area (Å²) in [5, 5.41) is 3.84. The van der Waals surface area contributed by atoms with Crippen LogP contribution >= 0.6 is 11.6 Å². The molecule has 1 aromatic heterocycles. The predicted octanol–water partition coefficient (Wildman–Crippen LogP) is 2.78. The van der Waals surface area contributed by atoms with Crippen molar-refractivity contribution in [1.82, 2.24) is 14.8 Å². The highest BCUT2D eigenvalue weighted by molar-refractivity contribution is 6.30. The van der Waals surface area contributed by atoms with Crippen LogP contribution in [0.25, 0.3) is 0 Å². The summed E-state index contributed by atoms with van der Waals surface area (Å²) in [6, 6.07) is 10.9. The first-order valence-electron chi connectivity index (χ1n) is 8.06. The quantitative estimate of drug-likeness (QED) is 0.916. The van der Waals surface area contributed by atoms with Crippen LogP contribution in [0.5, 0.6) is 0 Å². The molecule has 2 amide bonds. The van der Waals surface area contributed by atoms with Gasteiger partial charge in [0, 0.05) is 43.8 Å². The van der Waals surface area contributed by atoms with Crippen LogP contribution in [0.15, 0.2) is 42.6 Å². The largest absolute Gasteiger partial charge is 0.354 e. The molecular formula is C18H19ClN4O2. The summed E-state index contributed by atoms with van der Waals surface area (Å²) in [5.41, 5.74) is 2.03. The van der Waals surface area contributed by atoms with Crippen molar-refractivity contribution in [3.05, 3.63) is 53.3 Å². The van der Waals surface area contributed by atoms with E-state index in [1.165, 1.54) is 0 Å². The molecule has 7 heteroatoms. The molecule has 0 atom stereocenters. The summed E-state index contributed by atoms with van der Waals surface area (Å²) in [5.74, 6) is -0.0702. The lowest BCUT2D eigenvalue weighted by molar-refractivity contribution is -0.130. The number of aromatic nitrogens is 1. The number of amides is 2. The Bertz CT molecular complexity index is 771. The van der Waals surface area contributed by atoms with E-state index in [0.717, 1.165) is 11.4 Å². The first-order valence-corrected chi connectivity index (χ1v) is 8.44. The van der Waals surface area contributed by atoms with Gasteiger partial charge in [-0.3, -0.25) is 9.59 Å². The summed E-state index contributed by atoms with van der Waals surface area (Å²) in [7, 11) is 0. The molecule has 1 saturated heterocycles. The Balaban J connectivity index is 1.62. The number of anilines is 2. The average Bonchev–Trinajstić information content (AvgIpc) is 2.62. The van der Waals surface area contributed by atoms with Gasteiger partial charge in [0.25, 0.3) is 5.91 Å². The van der Waals surface area contributed by atoms with E-state index in [2.05, 4.69) is 10.3 Å². The molecule has 0 unspecified atom stereocenters. The third kappa shape index (κ3) is 4.28. The summed E-state index contributed by atoms with van der Waals surface area (Å²) >= 11 is 5.96. The summed E-state index contributed by atoms with van der Waals surface area (Å²) in [4.78, 5) is 31.6. The van der Waals surface area contributed by atoms with Gasteiger partial charge in [-0.05, 0) is 30.3 Å². The number of benzene rings is 1. The highest BCUT2D eigenvalue weighted by Gasteiger charge is 2.23. The van der Waals surface area contributed by atoms with E-state index in [0.29, 0.717) is 36.9 Å². The smallest absolute Gasteiger partial charge is 0.272 e. The molecule has 1 aromatic carbocycles. The fourth-order valence-electron chi connectivity index (χ4n) is 2.71. The van der Waals surface area contributed by atoms with Crippen molar-refractivity contribution in [2.75, 3.05) is 31.5 Å². The van der Waals surface area contributed by atoms with Crippen LogP contribution in [-0.4, -0.2) is 52.8 Å². The van der Waals surface area contributed by atoms with Crippen LogP contribution in [0.3, 0.4) is 0 Å². The number of hydrogen-bond donors (Lipinski definition) is 1. The molecule has 0 radical (unpaired) electrons. The molecule has 1 N–H and O–H groups in total. The van der Waals surface area contributed by atoms with Gasteiger partial charge in [-0.25, -0.2) is 4.98 Å². The van der Waals surface area contributed by atoms with E-state index in [1.807, 2.05) is 24.3 Å². The number of carbonyl (C=O) groups is 2. The summed E-state index contributed by atoms with van der Waals surface area (Å²) in [6.45, 7) is 3.74. The van der Waals surface area contributed by atoms with Crippen LogP contribution < -0.4 is 5.32 Å². The zero-order valence-corrected chi connectivity index (χ0v) is 14.7. The lowest BCUT2D eigenvalue weighted by atomic mass is 10.2. The van der Waals surface area contributed by atoms with Crippen molar-refractivity contribution < 1.29 is 9.59 Å². The molecule has 130 valence electrons. The molecule has 2 aromatic rings. The first kappa shape index (κ1) is 17.2. The fourth-order valence-corrected chi connectivity index (χ4v) is 2.90. The van der Waals surface area contributed by atoms with E-state index in [4.69, 9.17) is 11.6 Å². The van der Waals surface area contributed by atoms with Crippen molar-refractivity contribution in [3.8, 4) is 0 Å². The molecule has 0 saturated carbocycles. The van der Waals surface area contributed by atoms with Crippen molar-refractivity contribution in [2.24, 2.45) is 0 Å². The topological polar surface area (TPSA) is 65.5 Å². The minimum Gasteiger partial charge on any atom is -0.354 e. The van der Waals surface area contributed by atoms with Gasteiger partial charge in [0.1, 0.15) is 5.69 Å². The lowest BCUT2D eigenvalue weighted by Gasteiger charge is -2.34. The number of halogens is 1. The third-order valence-electron chi connectivity index (χ3n) is 4.11. The molecule has 25 heavy (non-hydrogen) atoms. The van der Waals surface area contributed by atoms with Gasteiger partial charge in [-0.15, -0.1) is 0 Å². The standard InChI is InChI=1S/C18H19ClN4O2/c1-13(24)22-7-9-23(10-8-22)18(25)17-6-5-16(12-20-17)21-15-4-2-3-14(19)11-15/h2-6,11-12,21H,7-10H2,1H3. The van der Waals surface area contributed by atoms with Crippen LogP contribution in [0.4, 0.5) is 11.4 Å².